The van der Waals surface area contributed by atoms with Crippen molar-refractivity contribution in [1.82, 2.24) is 4.90 Å². The molecule has 2 nitrogen and oxygen atoms in total. The Morgan fingerprint density at radius 2 is 1.86 bits per heavy atom. The minimum atomic E-state index is -4.36. The first kappa shape index (κ1) is 19.6. The summed E-state index contributed by atoms with van der Waals surface area (Å²) >= 11 is 5.80. The van der Waals surface area contributed by atoms with E-state index in [1.165, 1.54) is 6.07 Å². The monoisotopic (exact) mass is 356 g/mol. The molecule has 0 aliphatic carbocycles. The van der Waals surface area contributed by atoms with Crippen molar-refractivity contribution in [2.24, 2.45) is 11.7 Å². The van der Waals surface area contributed by atoms with Crippen LogP contribution >= 0.6 is 24.0 Å². The van der Waals surface area contributed by atoms with E-state index < -0.39 is 11.7 Å². The minimum absolute atomic E-state index is 0. The average Bonchev–Trinajstić information content (AvgIpc) is 2.37. The summed E-state index contributed by atoms with van der Waals surface area (Å²) < 4.78 is 38.3. The van der Waals surface area contributed by atoms with Crippen LogP contribution in [-0.2, 0) is 12.7 Å². The molecule has 1 aliphatic rings. The topological polar surface area (TPSA) is 29.3 Å². The Labute approximate surface area is 140 Å². The summed E-state index contributed by atoms with van der Waals surface area (Å²) in [6.07, 6.45) is -2.38. The Kier molecular flexibility index (Phi) is 6.99. The van der Waals surface area contributed by atoms with Gasteiger partial charge in [0.2, 0.25) is 0 Å². The summed E-state index contributed by atoms with van der Waals surface area (Å²) in [5.74, 6) is 0.506. The molecule has 2 N–H and O–H groups in total. The SMILES string of the molecule is CC(N)C1CCN(Cc2cc(Cl)cc(C(F)(F)F)c2)CC1.Cl. The Balaban J connectivity index is 0.00000242. The third kappa shape index (κ3) is 5.30. The highest BCUT2D eigenvalue weighted by Gasteiger charge is 2.31. The van der Waals surface area contributed by atoms with Crippen molar-refractivity contribution in [3.05, 3.63) is 34.3 Å². The molecule has 0 bridgehead atoms. The fraction of sp³-hybridized carbons (Fsp3) is 0.600. The zero-order valence-electron chi connectivity index (χ0n) is 12.4. The van der Waals surface area contributed by atoms with E-state index in [1.54, 1.807) is 6.07 Å². The highest BCUT2D eigenvalue weighted by Crippen LogP contribution is 2.32. The van der Waals surface area contributed by atoms with E-state index in [2.05, 4.69) is 4.90 Å². The minimum Gasteiger partial charge on any atom is -0.328 e. The van der Waals surface area contributed by atoms with Crippen molar-refractivity contribution in [2.75, 3.05) is 13.1 Å². The summed E-state index contributed by atoms with van der Waals surface area (Å²) in [5.41, 5.74) is 5.81. The fourth-order valence-electron chi connectivity index (χ4n) is 2.80. The van der Waals surface area contributed by atoms with E-state index in [4.69, 9.17) is 17.3 Å². The molecule has 7 heteroatoms. The van der Waals surface area contributed by atoms with Gasteiger partial charge in [-0.2, -0.15) is 13.2 Å². The largest absolute Gasteiger partial charge is 0.416 e. The van der Waals surface area contributed by atoms with Crippen molar-refractivity contribution in [1.29, 1.82) is 0 Å². The summed E-state index contributed by atoms with van der Waals surface area (Å²) in [4.78, 5) is 2.16. The summed E-state index contributed by atoms with van der Waals surface area (Å²) in [7, 11) is 0. The molecule has 1 heterocycles. The molecule has 0 aromatic heterocycles. The Morgan fingerprint density at radius 1 is 1.27 bits per heavy atom. The third-order valence-corrected chi connectivity index (χ3v) is 4.29. The molecule has 126 valence electrons. The molecule has 0 spiro atoms. The van der Waals surface area contributed by atoms with E-state index >= 15 is 0 Å². The zero-order valence-corrected chi connectivity index (χ0v) is 13.9. The van der Waals surface area contributed by atoms with Gasteiger partial charge in [-0.3, -0.25) is 4.90 Å². The Hall–Kier alpha value is -0.490. The van der Waals surface area contributed by atoms with Crippen molar-refractivity contribution >= 4 is 24.0 Å². The van der Waals surface area contributed by atoms with Crippen LogP contribution in [0.5, 0.6) is 0 Å². The maximum atomic E-state index is 12.8. The van der Waals surface area contributed by atoms with Gasteiger partial charge in [0.25, 0.3) is 0 Å². The lowest BCUT2D eigenvalue weighted by atomic mass is 9.91. The smallest absolute Gasteiger partial charge is 0.328 e. The average molecular weight is 357 g/mol. The van der Waals surface area contributed by atoms with Crippen LogP contribution in [-0.4, -0.2) is 24.0 Å². The van der Waals surface area contributed by atoms with Crippen LogP contribution in [0.25, 0.3) is 0 Å². The maximum absolute atomic E-state index is 12.8. The van der Waals surface area contributed by atoms with Gasteiger partial charge in [-0.1, -0.05) is 11.6 Å². The molecule has 1 unspecified atom stereocenters. The van der Waals surface area contributed by atoms with Gasteiger partial charge in [-0.25, -0.2) is 0 Å². The number of hydrogen-bond acceptors (Lipinski definition) is 2. The normalized spacial score (nSPS) is 18.8. The molecule has 0 radical (unpaired) electrons. The lowest BCUT2D eigenvalue weighted by molar-refractivity contribution is -0.137. The number of nitrogens with zero attached hydrogens (tertiary/aromatic N) is 1. The summed E-state index contributed by atoms with van der Waals surface area (Å²) in [5, 5.41) is 0.130. The number of nitrogens with two attached hydrogens (primary N) is 1. The number of benzene rings is 1. The molecule has 1 aromatic rings. The first-order valence-electron chi connectivity index (χ1n) is 7.10. The number of rotatable bonds is 3. The molecule has 1 aromatic carbocycles. The van der Waals surface area contributed by atoms with Crippen molar-refractivity contribution in [3.8, 4) is 0 Å². The predicted octanol–water partition coefficient (Wildman–Crippen LogP) is 4.34. The second-order valence-corrected chi connectivity index (χ2v) is 6.26. The molecular formula is C15H21Cl2F3N2. The molecule has 1 saturated heterocycles. The first-order valence-corrected chi connectivity index (χ1v) is 7.48. The zero-order chi connectivity index (χ0) is 15.6. The van der Waals surface area contributed by atoms with Crippen molar-refractivity contribution < 1.29 is 13.2 Å². The molecule has 1 atom stereocenters. The Bertz CT molecular complexity index is 484. The maximum Gasteiger partial charge on any atom is 0.416 e. The van der Waals surface area contributed by atoms with E-state index in [1.807, 2.05) is 6.92 Å². The van der Waals surface area contributed by atoms with Crippen LogP contribution in [0.1, 0.15) is 30.9 Å². The molecule has 0 amide bonds. The first-order chi connectivity index (χ1) is 9.75. The summed E-state index contributed by atoms with van der Waals surface area (Å²) in [6, 6.07) is 3.93. The van der Waals surface area contributed by atoms with Gasteiger partial charge in [-0.15, -0.1) is 12.4 Å². The quantitative estimate of drug-likeness (QED) is 0.872. The van der Waals surface area contributed by atoms with E-state index in [9.17, 15) is 13.2 Å². The fourth-order valence-corrected chi connectivity index (χ4v) is 3.06. The lowest BCUT2D eigenvalue weighted by Gasteiger charge is -2.33. The molecule has 22 heavy (non-hydrogen) atoms. The van der Waals surface area contributed by atoms with Gasteiger partial charge in [0.1, 0.15) is 0 Å². The molecular weight excluding hydrogens is 336 g/mol. The van der Waals surface area contributed by atoms with Crippen LogP contribution in [0, 0.1) is 5.92 Å². The van der Waals surface area contributed by atoms with Crippen LogP contribution in [0.15, 0.2) is 18.2 Å². The predicted molar refractivity (Wildman–Crippen MR) is 85.4 cm³/mol. The molecule has 2 rings (SSSR count). The summed E-state index contributed by atoms with van der Waals surface area (Å²) in [6.45, 7) is 4.22. The van der Waals surface area contributed by atoms with Gasteiger partial charge in [0.15, 0.2) is 0 Å². The van der Waals surface area contributed by atoms with Crippen LogP contribution in [0.3, 0.4) is 0 Å². The Morgan fingerprint density at radius 3 is 2.36 bits per heavy atom. The highest BCUT2D eigenvalue weighted by atomic mass is 35.5. The third-order valence-electron chi connectivity index (χ3n) is 4.07. The van der Waals surface area contributed by atoms with Crippen LogP contribution in [0.2, 0.25) is 5.02 Å². The molecule has 1 aliphatic heterocycles. The number of piperidine rings is 1. The van der Waals surface area contributed by atoms with Crippen LogP contribution < -0.4 is 5.73 Å². The van der Waals surface area contributed by atoms with Gasteiger partial charge in [0, 0.05) is 17.6 Å². The standard InChI is InChI=1S/C15H20ClF3N2.ClH/c1-10(20)12-2-4-21(5-3-12)9-11-6-13(15(17,18)19)8-14(16)7-11;/h6-8,10,12H,2-5,9,20H2,1H3;1H. The second-order valence-electron chi connectivity index (χ2n) is 5.82. The van der Waals surface area contributed by atoms with Crippen LogP contribution in [0.4, 0.5) is 13.2 Å². The van der Waals surface area contributed by atoms with Gasteiger partial charge >= 0.3 is 6.18 Å². The highest BCUT2D eigenvalue weighted by molar-refractivity contribution is 6.30. The molecule has 1 fully saturated rings. The number of likely N-dealkylation sites (tertiary alicyclic amines) is 1. The number of hydrogen-bond donors (Lipinski definition) is 1. The lowest BCUT2D eigenvalue weighted by Crippen LogP contribution is -2.39. The van der Waals surface area contributed by atoms with Gasteiger partial charge < -0.3 is 5.73 Å². The van der Waals surface area contributed by atoms with E-state index in [0.29, 0.717) is 18.0 Å². The van der Waals surface area contributed by atoms with E-state index in [0.717, 1.165) is 32.0 Å². The van der Waals surface area contributed by atoms with Gasteiger partial charge in [-0.05, 0) is 62.5 Å². The van der Waals surface area contributed by atoms with Crippen molar-refractivity contribution in [2.45, 2.75) is 38.5 Å². The number of alkyl halides is 3. The second kappa shape index (κ2) is 7.86. The number of halogens is 5. The van der Waals surface area contributed by atoms with Gasteiger partial charge in [0.05, 0.1) is 5.56 Å². The van der Waals surface area contributed by atoms with Crippen molar-refractivity contribution in [3.63, 3.8) is 0 Å². The van der Waals surface area contributed by atoms with E-state index in [-0.39, 0.29) is 23.5 Å². The molecule has 0 saturated carbocycles.